The van der Waals surface area contributed by atoms with Crippen molar-refractivity contribution < 1.29 is 23.1 Å². The van der Waals surface area contributed by atoms with Gasteiger partial charge in [-0.2, -0.15) is 0 Å². The summed E-state index contributed by atoms with van der Waals surface area (Å²) in [5.41, 5.74) is 2.08. The van der Waals surface area contributed by atoms with Gasteiger partial charge < -0.3 is 19.0 Å². The highest BCUT2D eigenvalue weighted by Crippen LogP contribution is 2.15. The van der Waals surface area contributed by atoms with E-state index in [1.807, 2.05) is 30.3 Å². The molecule has 0 aliphatic rings. The third kappa shape index (κ3) is 7.49. The van der Waals surface area contributed by atoms with Gasteiger partial charge in [-0.15, -0.1) is 6.58 Å². The van der Waals surface area contributed by atoms with Crippen molar-refractivity contribution in [3.8, 4) is 0 Å². The number of fused-ring (bicyclic) bond motifs is 1. The van der Waals surface area contributed by atoms with Crippen LogP contribution in [0.3, 0.4) is 0 Å². The number of halogens is 1. The molecule has 0 N–H and O–H groups in total. The van der Waals surface area contributed by atoms with Crippen LogP contribution >= 0.6 is 0 Å². The van der Waals surface area contributed by atoms with Gasteiger partial charge in [0.15, 0.2) is 5.43 Å². The van der Waals surface area contributed by atoms with Crippen LogP contribution < -0.4 is 5.43 Å². The van der Waals surface area contributed by atoms with Gasteiger partial charge in [0.2, 0.25) is 11.8 Å². The first-order chi connectivity index (χ1) is 18.9. The monoisotopic (exact) mass is 528 g/mol. The molecule has 0 fully saturated rings. The van der Waals surface area contributed by atoms with Crippen molar-refractivity contribution in [2.45, 2.75) is 19.7 Å². The van der Waals surface area contributed by atoms with Gasteiger partial charge in [0.25, 0.3) is 0 Å². The summed E-state index contributed by atoms with van der Waals surface area (Å²) in [6, 6.07) is 22.1. The van der Waals surface area contributed by atoms with E-state index >= 15 is 0 Å². The zero-order chi connectivity index (χ0) is 27.6. The molecule has 7 nitrogen and oxygen atoms in total. The smallest absolute Gasteiger partial charge is 0.249 e. The molecule has 0 radical (unpaired) electrons. The molecule has 39 heavy (non-hydrogen) atoms. The zero-order valence-electron chi connectivity index (χ0n) is 21.4. The lowest BCUT2D eigenvalue weighted by molar-refractivity contribution is -0.143. The van der Waals surface area contributed by atoms with Crippen LogP contribution in [-0.4, -0.2) is 41.3 Å². The second-order valence-electron chi connectivity index (χ2n) is 9.00. The van der Waals surface area contributed by atoms with Gasteiger partial charge >= 0.3 is 0 Å². The van der Waals surface area contributed by atoms with E-state index in [1.165, 1.54) is 34.3 Å². The maximum atomic E-state index is 13.5. The van der Waals surface area contributed by atoms with Gasteiger partial charge in [0, 0.05) is 13.1 Å². The summed E-state index contributed by atoms with van der Waals surface area (Å²) in [6.45, 7) is 3.69. The molecule has 0 saturated heterocycles. The van der Waals surface area contributed by atoms with Gasteiger partial charge in [-0.05, 0) is 35.4 Å². The Morgan fingerprint density at radius 2 is 1.59 bits per heavy atom. The number of para-hydroxylation sites is 1. The highest BCUT2D eigenvalue weighted by atomic mass is 19.1. The largest absolute Gasteiger partial charge is 0.464 e. The molecule has 1 heterocycles. The summed E-state index contributed by atoms with van der Waals surface area (Å²) in [4.78, 5) is 42.3. The molecule has 0 aliphatic carbocycles. The molecule has 2 amide bonds. The Bertz CT molecular complexity index is 1480. The number of hydrogen-bond acceptors (Lipinski definition) is 5. The molecule has 4 aromatic rings. The number of benzene rings is 3. The van der Waals surface area contributed by atoms with Crippen molar-refractivity contribution in [3.63, 3.8) is 0 Å². The van der Waals surface area contributed by atoms with Crippen molar-refractivity contribution >= 4 is 22.8 Å². The average molecular weight is 529 g/mol. The summed E-state index contributed by atoms with van der Waals surface area (Å²) >= 11 is 0. The number of ether oxygens (including phenoxy) is 1. The second-order valence-corrected chi connectivity index (χ2v) is 9.00. The lowest BCUT2D eigenvalue weighted by Gasteiger charge is -2.27. The predicted octanol–water partition coefficient (Wildman–Crippen LogP) is 4.69. The molecule has 3 aromatic carbocycles. The second kappa shape index (κ2) is 13.3. The molecule has 0 bridgehead atoms. The van der Waals surface area contributed by atoms with Crippen LogP contribution in [0.15, 0.2) is 107 Å². The minimum atomic E-state index is -0.398. The fraction of sp³-hybridized carbons (Fsp3) is 0.194. The van der Waals surface area contributed by atoms with E-state index in [1.54, 1.807) is 36.4 Å². The summed E-state index contributed by atoms with van der Waals surface area (Å²) in [6.07, 6.45) is 2.88. The lowest BCUT2D eigenvalue weighted by atomic mass is 10.1. The first-order valence-corrected chi connectivity index (χ1v) is 12.5. The number of carbonyl (C=O) groups excluding carboxylic acids is 2. The van der Waals surface area contributed by atoms with Crippen LogP contribution in [0.2, 0.25) is 0 Å². The van der Waals surface area contributed by atoms with Gasteiger partial charge in [0.05, 0.1) is 30.4 Å². The van der Waals surface area contributed by atoms with Crippen molar-refractivity contribution in [2.24, 2.45) is 0 Å². The molecule has 0 aliphatic heterocycles. The number of nitrogens with zero attached hydrogens (tertiary/aromatic N) is 2. The molecular weight excluding hydrogens is 499 g/mol. The Hall–Kier alpha value is -4.56. The number of carbonyl (C=O) groups is 2. The highest BCUT2D eigenvalue weighted by molar-refractivity contribution is 5.85. The Morgan fingerprint density at radius 1 is 0.872 bits per heavy atom. The highest BCUT2D eigenvalue weighted by Gasteiger charge is 2.23. The Labute approximate surface area is 225 Å². The van der Waals surface area contributed by atoms with Crippen LogP contribution in [0.25, 0.3) is 11.0 Å². The number of hydrogen-bond donors (Lipinski definition) is 0. The van der Waals surface area contributed by atoms with Crippen LogP contribution in [-0.2, 0) is 34.0 Å². The van der Waals surface area contributed by atoms with E-state index < -0.39 is 11.7 Å². The summed E-state index contributed by atoms with van der Waals surface area (Å²) in [7, 11) is 0. The van der Waals surface area contributed by atoms with Crippen LogP contribution in [0.1, 0.15) is 16.7 Å². The van der Waals surface area contributed by atoms with E-state index in [0.717, 1.165) is 5.56 Å². The quantitative estimate of drug-likeness (QED) is 0.249. The summed E-state index contributed by atoms with van der Waals surface area (Å²) in [5.74, 6) is -1.17. The molecule has 1 aromatic heterocycles. The van der Waals surface area contributed by atoms with Crippen molar-refractivity contribution in [2.75, 3.05) is 19.7 Å². The number of amides is 2. The van der Waals surface area contributed by atoms with Gasteiger partial charge in [-0.3, -0.25) is 14.4 Å². The van der Waals surface area contributed by atoms with Crippen molar-refractivity contribution in [3.05, 3.63) is 131 Å². The zero-order valence-corrected chi connectivity index (χ0v) is 21.4. The van der Waals surface area contributed by atoms with Crippen molar-refractivity contribution in [1.82, 2.24) is 9.80 Å². The first-order valence-electron chi connectivity index (χ1n) is 12.5. The minimum Gasteiger partial charge on any atom is -0.464 e. The standard InChI is InChI=1S/C31H29FN2O5/c1-2-16-33(30(36)22-38-20-24-8-4-3-5-9-24)19-29(35)34(17-23-12-14-26(32)15-13-23)18-25-21-39-28-11-7-6-10-27(28)31(25)37/h2-15,21H,1,16-20,22H2. The Balaban J connectivity index is 1.51. The Morgan fingerprint density at radius 3 is 2.33 bits per heavy atom. The first kappa shape index (κ1) is 27.5. The van der Waals surface area contributed by atoms with Gasteiger partial charge in [-0.1, -0.05) is 60.7 Å². The molecule has 0 unspecified atom stereocenters. The normalized spacial score (nSPS) is 10.8. The topological polar surface area (TPSA) is 80.1 Å². The third-order valence-electron chi connectivity index (χ3n) is 6.12. The maximum absolute atomic E-state index is 13.5. The van der Waals surface area contributed by atoms with Gasteiger partial charge in [0.1, 0.15) is 24.6 Å². The lowest BCUT2D eigenvalue weighted by Crippen LogP contribution is -2.44. The Kier molecular flexibility index (Phi) is 9.37. The van der Waals surface area contributed by atoms with Gasteiger partial charge in [-0.25, -0.2) is 4.39 Å². The van der Waals surface area contributed by atoms with Crippen molar-refractivity contribution in [1.29, 1.82) is 0 Å². The summed E-state index contributed by atoms with van der Waals surface area (Å²) in [5, 5.41) is 0.406. The summed E-state index contributed by atoms with van der Waals surface area (Å²) < 4.78 is 24.7. The number of rotatable bonds is 12. The molecular formula is C31H29FN2O5. The molecule has 200 valence electrons. The third-order valence-corrected chi connectivity index (χ3v) is 6.12. The van der Waals surface area contributed by atoms with Crippen LogP contribution in [0.5, 0.6) is 0 Å². The average Bonchev–Trinajstić information content (AvgIpc) is 2.95. The fourth-order valence-corrected chi connectivity index (χ4v) is 4.07. The maximum Gasteiger partial charge on any atom is 0.249 e. The van der Waals surface area contributed by atoms with Crippen LogP contribution in [0.4, 0.5) is 4.39 Å². The fourth-order valence-electron chi connectivity index (χ4n) is 4.07. The van der Waals surface area contributed by atoms with E-state index in [0.29, 0.717) is 16.5 Å². The predicted molar refractivity (Wildman–Crippen MR) is 146 cm³/mol. The molecule has 0 spiro atoms. The van der Waals surface area contributed by atoms with Crippen LogP contribution in [0, 0.1) is 5.82 Å². The van der Waals surface area contributed by atoms with E-state index in [-0.39, 0.29) is 56.3 Å². The molecule has 4 rings (SSSR count). The molecule has 0 saturated carbocycles. The molecule has 0 atom stereocenters. The van der Waals surface area contributed by atoms with E-state index in [4.69, 9.17) is 9.15 Å². The van der Waals surface area contributed by atoms with E-state index in [2.05, 4.69) is 6.58 Å². The SMILES string of the molecule is C=CCN(CC(=O)N(Cc1ccc(F)cc1)Cc1coc2ccccc2c1=O)C(=O)COCc1ccccc1. The van der Waals surface area contributed by atoms with E-state index in [9.17, 15) is 18.8 Å². The molecule has 8 heteroatoms. The minimum absolute atomic E-state index is 0.0516.